The molecule has 0 atom stereocenters. The van der Waals surface area contributed by atoms with Gasteiger partial charge in [0.1, 0.15) is 0 Å². The van der Waals surface area contributed by atoms with E-state index in [0.717, 1.165) is 44.0 Å². The van der Waals surface area contributed by atoms with Crippen LogP contribution in [0.25, 0.3) is 5.78 Å². The average molecular weight is 276 g/mol. The van der Waals surface area contributed by atoms with Gasteiger partial charge in [0, 0.05) is 19.5 Å². The van der Waals surface area contributed by atoms with Gasteiger partial charge in [0.25, 0.3) is 0 Å². The molecular weight excluding hydrogens is 256 g/mol. The maximum Gasteiger partial charge on any atom is 0.240 e. The largest absolute Gasteiger partial charge is 0.482 e. The maximum atomic E-state index is 5.47. The molecule has 0 unspecified atom stereocenters. The molecule has 0 saturated carbocycles. The molecule has 3 rings (SSSR count). The normalized spacial score (nSPS) is 15.3. The molecule has 2 aromatic heterocycles. The van der Waals surface area contributed by atoms with Crippen LogP contribution in [0.4, 0.5) is 0 Å². The molecular formula is C14H20N4O2. The predicted octanol–water partition coefficient (Wildman–Crippen LogP) is 1.51. The summed E-state index contributed by atoms with van der Waals surface area (Å²) in [5.74, 6) is 1.91. The number of hydrogen-bond acceptors (Lipinski definition) is 5. The number of methoxy groups -OCH3 is 2. The maximum absolute atomic E-state index is 5.47. The second kappa shape index (κ2) is 5.28. The van der Waals surface area contributed by atoms with Gasteiger partial charge in [-0.05, 0) is 13.0 Å². The molecule has 0 aliphatic carbocycles. The second-order valence-corrected chi connectivity index (χ2v) is 5.01. The molecule has 0 saturated heterocycles. The van der Waals surface area contributed by atoms with Crippen LogP contribution in [-0.2, 0) is 13.0 Å². The molecule has 0 spiro atoms. The Labute approximate surface area is 118 Å². The van der Waals surface area contributed by atoms with Gasteiger partial charge in [-0.15, -0.1) is 0 Å². The number of aromatic nitrogens is 3. The smallest absolute Gasteiger partial charge is 0.240 e. The molecule has 3 heterocycles. The summed E-state index contributed by atoms with van der Waals surface area (Å²) in [5, 5.41) is 0. The fraction of sp³-hybridized carbons (Fsp3) is 0.571. The Balaban J connectivity index is 2.10. The number of imidazole rings is 1. The van der Waals surface area contributed by atoms with Crippen molar-refractivity contribution in [3.63, 3.8) is 0 Å². The van der Waals surface area contributed by atoms with Crippen molar-refractivity contribution in [3.05, 3.63) is 17.5 Å². The van der Waals surface area contributed by atoms with Gasteiger partial charge in [0.2, 0.25) is 17.5 Å². The summed E-state index contributed by atoms with van der Waals surface area (Å²) in [6, 6.07) is 1.80. The van der Waals surface area contributed by atoms with Crippen molar-refractivity contribution in [2.24, 2.45) is 0 Å². The van der Waals surface area contributed by atoms with Crippen LogP contribution in [0.15, 0.2) is 6.07 Å². The average Bonchev–Trinajstić information content (AvgIpc) is 2.84. The van der Waals surface area contributed by atoms with Gasteiger partial charge in [-0.2, -0.15) is 4.98 Å². The predicted molar refractivity (Wildman–Crippen MR) is 75.4 cm³/mol. The lowest BCUT2D eigenvalue weighted by Gasteiger charge is -2.26. The van der Waals surface area contributed by atoms with Crippen molar-refractivity contribution in [1.29, 1.82) is 0 Å². The molecule has 0 fully saturated rings. The minimum atomic E-state index is 0.530. The molecule has 0 bridgehead atoms. The summed E-state index contributed by atoms with van der Waals surface area (Å²) >= 11 is 0. The van der Waals surface area contributed by atoms with E-state index in [-0.39, 0.29) is 0 Å². The van der Waals surface area contributed by atoms with E-state index >= 15 is 0 Å². The third-order valence-electron chi connectivity index (χ3n) is 3.71. The van der Waals surface area contributed by atoms with Crippen molar-refractivity contribution >= 4 is 5.78 Å². The highest BCUT2D eigenvalue weighted by molar-refractivity contribution is 5.44. The van der Waals surface area contributed by atoms with Crippen molar-refractivity contribution < 1.29 is 9.47 Å². The number of nitrogens with zero attached hydrogens (tertiary/aromatic N) is 4. The highest BCUT2D eigenvalue weighted by atomic mass is 16.5. The Morgan fingerprint density at radius 2 is 2.10 bits per heavy atom. The third-order valence-corrected chi connectivity index (χ3v) is 3.71. The monoisotopic (exact) mass is 276 g/mol. The molecule has 6 heteroatoms. The zero-order valence-corrected chi connectivity index (χ0v) is 12.2. The van der Waals surface area contributed by atoms with Gasteiger partial charge in [-0.25, -0.2) is 9.38 Å². The van der Waals surface area contributed by atoms with E-state index in [9.17, 15) is 0 Å². The lowest BCUT2D eigenvalue weighted by Crippen LogP contribution is -2.31. The van der Waals surface area contributed by atoms with E-state index in [0.29, 0.717) is 11.7 Å². The number of hydrogen-bond donors (Lipinski definition) is 0. The standard InChI is InChI=1S/C14H20N4O2/c1-4-6-17-7-5-10-11(9-17)18-13(20-3)8-12(19-2)16-14(18)15-10/h8H,4-7,9H2,1-3H3. The number of fused-ring (bicyclic) bond motifs is 3. The van der Waals surface area contributed by atoms with E-state index in [4.69, 9.17) is 9.47 Å². The fourth-order valence-corrected chi connectivity index (χ4v) is 2.77. The van der Waals surface area contributed by atoms with Crippen LogP contribution in [0.1, 0.15) is 24.7 Å². The molecule has 0 radical (unpaired) electrons. The molecule has 0 aromatic carbocycles. The van der Waals surface area contributed by atoms with Crippen molar-refractivity contribution in [2.45, 2.75) is 26.3 Å². The summed E-state index contributed by atoms with van der Waals surface area (Å²) < 4.78 is 12.7. The highest BCUT2D eigenvalue weighted by Gasteiger charge is 2.23. The molecule has 1 aliphatic rings. The minimum Gasteiger partial charge on any atom is -0.482 e. The van der Waals surface area contributed by atoms with Crippen LogP contribution < -0.4 is 9.47 Å². The third kappa shape index (κ3) is 2.10. The summed E-state index contributed by atoms with van der Waals surface area (Å²) in [7, 11) is 3.26. The molecule has 1 aliphatic heterocycles. The van der Waals surface area contributed by atoms with E-state index in [2.05, 4.69) is 21.8 Å². The van der Waals surface area contributed by atoms with Crippen LogP contribution in [0.3, 0.4) is 0 Å². The van der Waals surface area contributed by atoms with Gasteiger partial charge in [-0.3, -0.25) is 4.90 Å². The first kappa shape index (κ1) is 13.2. The Morgan fingerprint density at radius 1 is 1.25 bits per heavy atom. The summed E-state index contributed by atoms with van der Waals surface area (Å²) in [4.78, 5) is 11.5. The van der Waals surface area contributed by atoms with Gasteiger partial charge in [0.05, 0.1) is 31.7 Å². The Hall–Kier alpha value is -1.82. The van der Waals surface area contributed by atoms with Crippen LogP contribution >= 0.6 is 0 Å². The van der Waals surface area contributed by atoms with Crippen LogP contribution in [-0.4, -0.2) is 46.6 Å². The molecule has 6 nitrogen and oxygen atoms in total. The number of rotatable bonds is 4. The molecule has 108 valence electrons. The second-order valence-electron chi connectivity index (χ2n) is 5.01. The SMILES string of the molecule is CCCN1CCc2nc3nc(OC)cc(OC)n3c2C1. The zero-order chi connectivity index (χ0) is 14.1. The van der Waals surface area contributed by atoms with E-state index < -0.39 is 0 Å². The highest BCUT2D eigenvalue weighted by Crippen LogP contribution is 2.27. The summed E-state index contributed by atoms with van der Waals surface area (Å²) in [6.07, 6.45) is 2.12. The molecule has 20 heavy (non-hydrogen) atoms. The van der Waals surface area contributed by atoms with E-state index in [1.165, 1.54) is 5.69 Å². The first-order chi connectivity index (χ1) is 9.76. The van der Waals surface area contributed by atoms with Crippen LogP contribution in [0, 0.1) is 0 Å². The lowest BCUT2D eigenvalue weighted by atomic mass is 10.1. The minimum absolute atomic E-state index is 0.530. The Kier molecular flexibility index (Phi) is 3.48. The van der Waals surface area contributed by atoms with Crippen LogP contribution in [0.5, 0.6) is 11.8 Å². The first-order valence-electron chi connectivity index (χ1n) is 6.98. The van der Waals surface area contributed by atoms with Gasteiger partial charge in [-0.1, -0.05) is 6.92 Å². The summed E-state index contributed by atoms with van der Waals surface area (Å²) in [6.45, 7) is 5.27. The van der Waals surface area contributed by atoms with E-state index in [1.54, 1.807) is 20.3 Å². The lowest BCUT2D eigenvalue weighted by molar-refractivity contribution is 0.247. The fourth-order valence-electron chi connectivity index (χ4n) is 2.77. The Bertz CT molecular complexity index is 623. The van der Waals surface area contributed by atoms with Crippen molar-refractivity contribution in [3.8, 4) is 11.8 Å². The van der Waals surface area contributed by atoms with Gasteiger partial charge >= 0.3 is 0 Å². The van der Waals surface area contributed by atoms with Gasteiger partial charge < -0.3 is 9.47 Å². The van der Waals surface area contributed by atoms with Crippen molar-refractivity contribution in [1.82, 2.24) is 19.3 Å². The van der Waals surface area contributed by atoms with E-state index in [1.807, 2.05) is 4.40 Å². The van der Waals surface area contributed by atoms with Gasteiger partial charge in [0.15, 0.2) is 0 Å². The molecule has 0 amide bonds. The zero-order valence-electron chi connectivity index (χ0n) is 12.2. The number of ether oxygens (including phenoxy) is 2. The van der Waals surface area contributed by atoms with Crippen molar-refractivity contribution in [2.75, 3.05) is 27.3 Å². The molecule has 2 aromatic rings. The quantitative estimate of drug-likeness (QED) is 0.847. The topological polar surface area (TPSA) is 51.9 Å². The first-order valence-corrected chi connectivity index (χ1v) is 6.98. The molecule has 0 N–H and O–H groups in total. The Morgan fingerprint density at radius 3 is 2.80 bits per heavy atom. The summed E-state index contributed by atoms with van der Waals surface area (Å²) in [5.41, 5.74) is 2.31. The van der Waals surface area contributed by atoms with Crippen LogP contribution in [0.2, 0.25) is 0 Å².